The van der Waals surface area contributed by atoms with E-state index in [0.29, 0.717) is 13.0 Å². The highest BCUT2D eigenvalue weighted by molar-refractivity contribution is 9.10. The molecule has 0 bridgehead atoms. The fourth-order valence-corrected chi connectivity index (χ4v) is 2.41. The Morgan fingerprint density at radius 3 is 2.35 bits per heavy atom. The van der Waals surface area contributed by atoms with Gasteiger partial charge in [0.15, 0.2) is 0 Å². The van der Waals surface area contributed by atoms with Crippen molar-refractivity contribution >= 4 is 35.7 Å². The molecule has 1 rings (SSSR count). The predicted octanol–water partition coefficient (Wildman–Crippen LogP) is 3.57. The zero-order valence-electron chi connectivity index (χ0n) is 9.23. The standard InChI is InChI=1S/C11H14BrClO3S/c12-10-4-6-11(7-5-10)16-8-2-1-3-9-17(13,14)15/h4-7H,1-3,8-9H2. The Labute approximate surface area is 115 Å². The average Bonchev–Trinajstić information content (AvgIpc) is 2.24. The van der Waals surface area contributed by atoms with Crippen molar-refractivity contribution in [2.75, 3.05) is 12.4 Å². The summed E-state index contributed by atoms with van der Waals surface area (Å²) in [5, 5.41) is 0. The fraction of sp³-hybridized carbons (Fsp3) is 0.455. The van der Waals surface area contributed by atoms with Crippen molar-refractivity contribution in [3.63, 3.8) is 0 Å². The molecule has 0 aromatic heterocycles. The van der Waals surface area contributed by atoms with Crippen LogP contribution in [0, 0.1) is 0 Å². The molecule has 0 aliphatic carbocycles. The third-order valence-corrected chi connectivity index (χ3v) is 3.88. The van der Waals surface area contributed by atoms with Gasteiger partial charge < -0.3 is 4.74 Å². The van der Waals surface area contributed by atoms with Gasteiger partial charge in [-0.05, 0) is 43.5 Å². The summed E-state index contributed by atoms with van der Waals surface area (Å²) in [4.78, 5) is 0. The third-order valence-electron chi connectivity index (χ3n) is 2.11. The molecule has 0 aliphatic heterocycles. The molecule has 0 fully saturated rings. The van der Waals surface area contributed by atoms with Crippen LogP contribution in [0.2, 0.25) is 0 Å². The van der Waals surface area contributed by atoms with Crippen LogP contribution in [0.1, 0.15) is 19.3 Å². The summed E-state index contributed by atoms with van der Waals surface area (Å²) in [5.41, 5.74) is 0. The molecule has 3 nitrogen and oxygen atoms in total. The molecule has 1 aromatic carbocycles. The van der Waals surface area contributed by atoms with Crippen molar-refractivity contribution < 1.29 is 13.2 Å². The molecule has 0 heterocycles. The monoisotopic (exact) mass is 340 g/mol. The fourth-order valence-electron chi connectivity index (χ4n) is 1.27. The number of benzene rings is 1. The van der Waals surface area contributed by atoms with Crippen molar-refractivity contribution in [1.29, 1.82) is 0 Å². The molecule has 0 aliphatic rings. The minimum absolute atomic E-state index is 0.0346. The maximum Gasteiger partial charge on any atom is 0.232 e. The first-order valence-corrected chi connectivity index (χ1v) is 8.55. The van der Waals surface area contributed by atoms with Crippen LogP contribution >= 0.6 is 26.6 Å². The second kappa shape index (κ2) is 7.24. The quantitative estimate of drug-likeness (QED) is 0.562. The van der Waals surface area contributed by atoms with E-state index in [1.807, 2.05) is 24.3 Å². The Morgan fingerprint density at radius 2 is 1.76 bits per heavy atom. The second-order valence-electron chi connectivity index (χ2n) is 3.61. The minimum atomic E-state index is -3.34. The van der Waals surface area contributed by atoms with E-state index < -0.39 is 9.05 Å². The minimum Gasteiger partial charge on any atom is -0.494 e. The van der Waals surface area contributed by atoms with Gasteiger partial charge in [0, 0.05) is 15.2 Å². The van der Waals surface area contributed by atoms with Crippen LogP contribution < -0.4 is 4.74 Å². The van der Waals surface area contributed by atoms with E-state index in [4.69, 9.17) is 15.4 Å². The molecule has 1 aromatic rings. The lowest BCUT2D eigenvalue weighted by Crippen LogP contribution is -2.00. The second-order valence-corrected chi connectivity index (χ2v) is 7.42. The lowest BCUT2D eigenvalue weighted by atomic mass is 10.3. The Balaban J connectivity index is 2.10. The number of ether oxygens (including phenoxy) is 1. The van der Waals surface area contributed by atoms with Crippen molar-refractivity contribution in [2.45, 2.75) is 19.3 Å². The average molecular weight is 342 g/mol. The number of hydrogen-bond donors (Lipinski definition) is 0. The summed E-state index contributed by atoms with van der Waals surface area (Å²) in [6.45, 7) is 0.587. The topological polar surface area (TPSA) is 43.4 Å². The number of hydrogen-bond acceptors (Lipinski definition) is 3. The molecule has 96 valence electrons. The van der Waals surface area contributed by atoms with Crippen molar-refractivity contribution in [3.8, 4) is 5.75 Å². The summed E-state index contributed by atoms with van der Waals surface area (Å²) in [5.74, 6) is 0.852. The van der Waals surface area contributed by atoms with Crippen LogP contribution in [-0.2, 0) is 9.05 Å². The Hall–Kier alpha value is -0.260. The van der Waals surface area contributed by atoms with Crippen LogP contribution in [0.15, 0.2) is 28.7 Å². The van der Waals surface area contributed by atoms with E-state index in [0.717, 1.165) is 23.1 Å². The molecular weight excluding hydrogens is 328 g/mol. The molecule has 0 atom stereocenters. The van der Waals surface area contributed by atoms with Gasteiger partial charge in [0.1, 0.15) is 5.75 Å². The highest BCUT2D eigenvalue weighted by Gasteiger charge is 2.03. The van der Waals surface area contributed by atoms with E-state index in [9.17, 15) is 8.42 Å². The van der Waals surface area contributed by atoms with E-state index >= 15 is 0 Å². The molecular formula is C11H14BrClO3S. The van der Waals surface area contributed by atoms with Crippen LogP contribution in [-0.4, -0.2) is 20.8 Å². The van der Waals surface area contributed by atoms with Gasteiger partial charge >= 0.3 is 0 Å². The van der Waals surface area contributed by atoms with Gasteiger partial charge in [0.05, 0.1) is 12.4 Å². The van der Waals surface area contributed by atoms with E-state index in [1.165, 1.54) is 0 Å². The number of halogens is 2. The summed E-state index contributed by atoms with van der Waals surface area (Å²) >= 11 is 3.34. The van der Waals surface area contributed by atoms with Gasteiger partial charge in [-0.2, -0.15) is 0 Å². The molecule has 0 N–H and O–H groups in total. The van der Waals surface area contributed by atoms with Gasteiger partial charge in [-0.3, -0.25) is 0 Å². The number of unbranched alkanes of at least 4 members (excludes halogenated alkanes) is 2. The van der Waals surface area contributed by atoms with Crippen LogP contribution in [0.5, 0.6) is 5.75 Å². The summed E-state index contributed by atoms with van der Waals surface area (Å²) in [6, 6.07) is 7.59. The third kappa shape index (κ3) is 7.63. The lowest BCUT2D eigenvalue weighted by molar-refractivity contribution is 0.306. The van der Waals surface area contributed by atoms with E-state index in [-0.39, 0.29) is 5.75 Å². The van der Waals surface area contributed by atoms with Crippen molar-refractivity contribution in [1.82, 2.24) is 0 Å². The van der Waals surface area contributed by atoms with E-state index in [1.54, 1.807) is 0 Å². The molecule has 0 radical (unpaired) electrons. The van der Waals surface area contributed by atoms with Crippen molar-refractivity contribution in [2.24, 2.45) is 0 Å². The van der Waals surface area contributed by atoms with Gasteiger partial charge in [0.25, 0.3) is 0 Å². The molecule has 0 saturated heterocycles. The summed E-state index contributed by atoms with van der Waals surface area (Å²) in [7, 11) is 1.75. The molecule has 0 spiro atoms. The molecule has 0 saturated carbocycles. The molecule has 17 heavy (non-hydrogen) atoms. The SMILES string of the molecule is O=S(=O)(Cl)CCCCCOc1ccc(Br)cc1. The van der Waals surface area contributed by atoms with E-state index in [2.05, 4.69) is 15.9 Å². The normalized spacial score (nSPS) is 11.4. The molecule has 0 unspecified atom stereocenters. The first kappa shape index (κ1) is 14.8. The first-order chi connectivity index (χ1) is 7.97. The molecule has 6 heteroatoms. The van der Waals surface area contributed by atoms with Crippen LogP contribution in [0.3, 0.4) is 0 Å². The Kier molecular flexibility index (Phi) is 6.30. The predicted molar refractivity (Wildman–Crippen MR) is 73.1 cm³/mol. The Morgan fingerprint density at radius 1 is 1.12 bits per heavy atom. The highest BCUT2D eigenvalue weighted by atomic mass is 79.9. The maximum absolute atomic E-state index is 10.6. The zero-order chi connectivity index (χ0) is 12.7. The van der Waals surface area contributed by atoms with Crippen LogP contribution in [0.25, 0.3) is 0 Å². The first-order valence-electron chi connectivity index (χ1n) is 5.28. The number of rotatable bonds is 7. The van der Waals surface area contributed by atoms with Gasteiger partial charge in [-0.25, -0.2) is 8.42 Å². The highest BCUT2D eigenvalue weighted by Crippen LogP contribution is 2.16. The lowest BCUT2D eigenvalue weighted by Gasteiger charge is -2.05. The van der Waals surface area contributed by atoms with Gasteiger partial charge in [0.2, 0.25) is 9.05 Å². The summed E-state index contributed by atoms with van der Waals surface area (Å²) < 4.78 is 27.8. The smallest absolute Gasteiger partial charge is 0.232 e. The van der Waals surface area contributed by atoms with Crippen LogP contribution in [0.4, 0.5) is 0 Å². The largest absolute Gasteiger partial charge is 0.494 e. The van der Waals surface area contributed by atoms with Gasteiger partial charge in [-0.1, -0.05) is 15.9 Å². The Bertz CT molecular complexity index is 431. The van der Waals surface area contributed by atoms with Crippen molar-refractivity contribution in [3.05, 3.63) is 28.7 Å². The molecule has 0 amide bonds. The summed E-state index contributed by atoms with van der Waals surface area (Å²) in [6.07, 6.45) is 2.19. The maximum atomic E-state index is 10.6. The van der Waals surface area contributed by atoms with Gasteiger partial charge in [-0.15, -0.1) is 0 Å². The zero-order valence-corrected chi connectivity index (χ0v) is 12.4.